The van der Waals surface area contributed by atoms with E-state index in [1.54, 1.807) is 18.2 Å². The second-order valence-electron chi connectivity index (χ2n) is 6.50. The molecular formula is C22H19NO3. The molecule has 0 fully saturated rings. The Kier molecular flexibility index (Phi) is 3.88. The van der Waals surface area contributed by atoms with E-state index in [2.05, 4.69) is 30.1 Å². The molecule has 1 aromatic heterocycles. The third-order valence-corrected chi connectivity index (χ3v) is 4.73. The van der Waals surface area contributed by atoms with Crippen molar-refractivity contribution >= 4 is 27.8 Å². The Balaban J connectivity index is 1.97. The molecule has 0 aliphatic carbocycles. The average Bonchev–Trinajstić information content (AvgIpc) is 3.04. The third kappa shape index (κ3) is 2.60. The van der Waals surface area contributed by atoms with E-state index in [9.17, 15) is 9.90 Å². The quantitative estimate of drug-likeness (QED) is 0.529. The number of aromatic nitrogens is 1. The lowest BCUT2D eigenvalue weighted by molar-refractivity contribution is 0.0603. The van der Waals surface area contributed by atoms with Gasteiger partial charge in [-0.3, -0.25) is 0 Å². The fourth-order valence-electron chi connectivity index (χ4n) is 3.56. The average molecular weight is 345 g/mol. The van der Waals surface area contributed by atoms with Gasteiger partial charge in [-0.1, -0.05) is 42.0 Å². The largest absolute Gasteiger partial charge is 0.507 e. The van der Waals surface area contributed by atoms with Gasteiger partial charge in [-0.05, 0) is 42.7 Å². The zero-order chi connectivity index (χ0) is 18.3. The molecule has 4 aromatic rings. The molecule has 4 heteroatoms. The van der Waals surface area contributed by atoms with Crippen molar-refractivity contribution in [2.24, 2.45) is 0 Å². The predicted octanol–water partition coefficient (Wildman–Crippen LogP) is 4.71. The topological polar surface area (TPSA) is 62.3 Å². The number of benzene rings is 3. The first-order valence-corrected chi connectivity index (χ1v) is 8.47. The molecule has 3 aromatic carbocycles. The molecule has 4 nitrogen and oxygen atoms in total. The van der Waals surface area contributed by atoms with Gasteiger partial charge in [0.15, 0.2) is 0 Å². The van der Waals surface area contributed by atoms with Gasteiger partial charge in [-0.25, -0.2) is 4.79 Å². The van der Waals surface area contributed by atoms with Crippen molar-refractivity contribution in [3.8, 4) is 5.75 Å². The number of fused-ring (bicyclic) bond motifs is 3. The summed E-state index contributed by atoms with van der Waals surface area (Å²) in [5, 5.41) is 11.9. The molecule has 4 rings (SSSR count). The Hall–Kier alpha value is -3.27. The van der Waals surface area contributed by atoms with Crippen LogP contribution in [0.2, 0.25) is 0 Å². The van der Waals surface area contributed by atoms with Crippen LogP contribution in [0.3, 0.4) is 0 Å². The molecule has 0 aliphatic rings. The Bertz CT molecular complexity index is 1140. The third-order valence-electron chi connectivity index (χ3n) is 4.73. The molecule has 26 heavy (non-hydrogen) atoms. The number of hydrogen-bond donors (Lipinski definition) is 2. The van der Waals surface area contributed by atoms with E-state index < -0.39 is 5.97 Å². The number of methoxy groups -OCH3 is 1. The van der Waals surface area contributed by atoms with Gasteiger partial charge in [0.2, 0.25) is 0 Å². The van der Waals surface area contributed by atoms with Crippen molar-refractivity contribution in [3.05, 3.63) is 76.9 Å². The smallest absolute Gasteiger partial charge is 0.338 e. The van der Waals surface area contributed by atoms with Crippen molar-refractivity contribution in [2.45, 2.75) is 13.3 Å². The minimum atomic E-state index is -0.417. The van der Waals surface area contributed by atoms with Crippen molar-refractivity contribution in [2.75, 3.05) is 7.11 Å². The van der Waals surface area contributed by atoms with Gasteiger partial charge in [-0.15, -0.1) is 0 Å². The lowest BCUT2D eigenvalue weighted by atomic mass is 9.99. The van der Waals surface area contributed by atoms with Crippen LogP contribution < -0.4 is 0 Å². The maximum atomic E-state index is 12.2. The molecule has 1 heterocycles. The second kappa shape index (κ2) is 6.23. The van der Waals surface area contributed by atoms with E-state index in [1.165, 1.54) is 18.2 Å². The zero-order valence-corrected chi connectivity index (χ0v) is 14.7. The van der Waals surface area contributed by atoms with Crippen molar-refractivity contribution < 1.29 is 14.6 Å². The summed E-state index contributed by atoms with van der Waals surface area (Å²) in [5.74, 6) is -0.268. The number of ether oxygens (including phenoxy) is 1. The minimum Gasteiger partial charge on any atom is -0.507 e. The summed E-state index contributed by atoms with van der Waals surface area (Å²) >= 11 is 0. The number of phenols is 1. The molecule has 0 bridgehead atoms. The second-order valence-corrected chi connectivity index (χ2v) is 6.50. The van der Waals surface area contributed by atoms with Crippen LogP contribution >= 0.6 is 0 Å². The molecule has 0 spiro atoms. The van der Waals surface area contributed by atoms with Crippen molar-refractivity contribution in [1.29, 1.82) is 0 Å². The van der Waals surface area contributed by atoms with Gasteiger partial charge < -0.3 is 14.8 Å². The number of carbonyl (C=O) groups is 1. The highest BCUT2D eigenvalue weighted by Gasteiger charge is 2.18. The highest BCUT2D eigenvalue weighted by molar-refractivity contribution is 6.19. The van der Waals surface area contributed by atoms with E-state index in [-0.39, 0.29) is 5.75 Å². The van der Waals surface area contributed by atoms with E-state index in [1.807, 2.05) is 18.2 Å². The Morgan fingerprint density at radius 3 is 2.65 bits per heavy atom. The van der Waals surface area contributed by atoms with Crippen LogP contribution in [0.5, 0.6) is 5.75 Å². The first-order chi connectivity index (χ1) is 12.6. The summed E-state index contributed by atoms with van der Waals surface area (Å²) in [7, 11) is 1.36. The summed E-state index contributed by atoms with van der Waals surface area (Å²) in [6.07, 6.45) is 0.735. The number of phenolic OH excluding ortho intramolecular Hbond substituents is 1. The van der Waals surface area contributed by atoms with Crippen LogP contribution in [-0.2, 0) is 11.2 Å². The fourth-order valence-corrected chi connectivity index (χ4v) is 3.56. The van der Waals surface area contributed by atoms with Crippen LogP contribution in [0.25, 0.3) is 21.8 Å². The fraction of sp³-hybridized carbons (Fsp3) is 0.136. The van der Waals surface area contributed by atoms with E-state index in [4.69, 9.17) is 4.74 Å². The number of H-pyrrole nitrogens is 1. The first kappa shape index (κ1) is 16.2. The Morgan fingerprint density at radius 1 is 1.08 bits per heavy atom. The number of aryl methyl sites for hydroxylation is 1. The minimum absolute atomic E-state index is 0.149. The van der Waals surface area contributed by atoms with Gasteiger partial charge in [0.25, 0.3) is 0 Å². The number of carbonyl (C=O) groups excluding carboxylic acids is 1. The number of esters is 1. The number of aromatic hydroxyl groups is 1. The van der Waals surface area contributed by atoms with Crippen LogP contribution in [0.4, 0.5) is 0 Å². The van der Waals surface area contributed by atoms with E-state index in [0.717, 1.165) is 23.0 Å². The van der Waals surface area contributed by atoms with E-state index in [0.29, 0.717) is 16.3 Å². The van der Waals surface area contributed by atoms with Gasteiger partial charge >= 0.3 is 5.97 Å². The van der Waals surface area contributed by atoms with Crippen LogP contribution in [0, 0.1) is 6.92 Å². The summed E-state index contributed by atoms with van der Waals surface area (Å²) in [5.41, 5.74) is 5.56. The number of aromatic amines is 1. The Labute approximate surface area is 151 Å². The van der Waals surface area contributed by atoms with Crippen LogP contribution in [0.1, 0.15) is 27.0 Å². The summed E-state index contributed by atoms with van der Waals surface area (Å²) < 4.78 is 4.91. The molecule has 2 N–H and O–H groups in total. The number of hydrogen-bond acceptors (Lipinski definition) is 3. The van der Waals surface area contributed by atoms with Crippen LogP contribution in [0.15, 0.2) is 54.6 Å². The lowest BCUT2D eigenvalue weighted by Gasteiger charge is -2.07. The first-order valence-electron chi connectivity index (χ1n) is 8.47. The van der Waals surface area contributed by atoms with Gasteiger partial charge in [0, 0.05) is 10.9 Å². The Morgan fingerprint density at radius 2 is 1.88 bits per heavy atom. The summed E-state index contributed by atoms with van der Waals surface area (Å²) in [6.45, 7) is 2.07. The SMILES string of the molecule is COC(=O)c1cccc2[nH]c3c(Cc4cccc(C)c4)ccc(O)c3c12. The standard InChI is InChI=1S/C22H19NO3/c1-13-5-3-6-14(11-13)12-15-9-10-18(24)20-19-16(22(25)26-2)7-4-8-17(19)23-21(15)20/h3-11,23-24H,12H2,1-2H3. The monoisotopic (exact) mass is 345 g/mol. The highest BCUT2D eigenvalue weighted by atomic mass is 16.5. The zero-order valence-electron chi connectivity index (χ0n) is 14.7. The molecule has 0 saturated carbocycles. The summed E-state index contributed by atoms with van der Waals surface area (Å²) in [6, 6.07) is 17.4. The van der Waals surface area contributed by atoms with E-state index >= 15 is 0 Å². The summed E-state index contributed by atoms with van der Waals surface area (Å²) in [4.78, 5) is 15.5. The maximum Gasteiger partial charge on any atom is 0.338 e. The molecule has 0 amide bonds. The highest BCUT2D eigenvalue weighted by Crippen LogP contribution is 2.37. The molecular weight excluding hydrogens is 326 g/mol. The predicted molar refractivity (Wildman–Crippen MR) is 103 cm³/mol. The molecule has 0 aliphatic heterocycles. The van der Waals surface area contributed by atoms with Crippen LogP contribution in [-0.4, -0.2) is 23.2 Å². The molecule has 0 atom stereocenters. The maximum absolute atomic E-state index is 12.2. The number of nitrogens with one attached hydrogen (secondary N) is 1. The molecule has 0 saturated heterocycles. The number of rotatable bonds is 3. The van der Waals surface area contributed by atoms with Gasteiger partial charge in [0.1, 0.15) is 5.75 Å². The van der Waals surface area contributed by atoms with Crippen molar-refractivity contribution in [1.82, 2.24) is 4.98 Å². The van der Waals surface area contributed by atoms with Crippen molar-refractivity contribution in [3.63, 3.8) is 0 Å². The lowest BCUT2D eigenvalue weighted by Crippen LogP contribution is -2.01. The van der Waals surface area contributed by atoms with Gasteiger partial charge in [0.05, 0.1) is 23.6 Å². The normalized spacial score (nSPS) is 11.2. The molecule has 0 unspecified atom stereocenters. The molecule has 0 radical (unpaired) electrons. The van der Waals surface area contributed by atoms with Gasteiger partial charge in [-0.2, -0.15) is 0 Å². The molecule has 130 valence electrons.